The van der Waals surface area contributed by atoms with Crippen molar-refractivity contribution in [3.63, 3.8) is 0 Å². The Balaban J connectivity index is 1.35. The van der Waals surface area contributed by atoms with Crippen LogP contribution in [0.25, 0.3) is 0 Å². The summed E-state index contributed by atoms with van der Waals surface area (Å²) in [6.45, 7) is 2.91. The van der Waals surface area contributed by atoms with Crippen LogP contribution in [0.15, 0.2) is 29.3 Å². The Bertz CT molecular complexity index is 647. The predicted octanol–water partition coefficient (Wildman–Crippen LogP) is 3.77. The summed E-state index contributed by atoms with van der Waals surface area (Å²) in [5.41, 5.74) is 1.33. The molecule has 4 unspecified atom stereocenters. The second-order valence-corrected chi connectivity index (χ2v) is 8.62. The van der Waals surface area contributed by atoms with Gasteiger partial charge in [0.2, 0.25) is 0 Å². The summed E-state index contributed by atoms with van der Waals surface area (Å²) < 4.78 is 0. The van der Waals surface area contributed by atoms with E-state index in [2.05, 4.69) is 41.6 Å². The molecular formula is C21H31ClN4. The topological polar surface area (TPSA) is 39.7 Å². The van der Waals surface area contributed by atoms with Gasteiger partial charge in [0.25, 0.3) is 0 Å². The van der Waals surface area contributed by atoms with E-state index in [0.29, 0.717) is 18.0 Å². The standard InChI is InChI=1S/C21H31ClN4/c1-3-23-21(24-16-11-17-8-5-9-18(12-16)26(17)2)25-20-13-19(20)14-6-4-7-15(22)10-14/h4,6-7,10,16-20H,3,5,8-9,11-13H2,1-2H3,(H2,23,24,25). The van der Waals surface area contributed by atoms with E-state index in [9.17, 15) is 0 Å². The number of nitrogens with zero attached hydrogens (tertiary/aromatic N) is 2. The molecule has 4 atom stereocenters. The van der Waals surface area contributed by atoms with E-state index in [1.807, 2.05) is 12.1 Å². The van der Waals surface area contributed by atoms with E-state index in [0.717, 1.165) is 36.0 Å². The maximum atomic E-state index is 6.15. The number of hydrogen-bond acceptors (Lipinski definition) is 2. The van der Waals surface area contributed by atoms with Gasteiger partial charge in [0.15, 0.2) is 5.96 Å². The van der Waals surface area contributed by atoms with Gasteiger partial charge in [0, 0.05) is 41.7 Å². The molecule has 0 spiro atoms. The van der Waals surface area contributed by atoms with Gasteiger partial charge < -0.3 is 15.5 Å². The van der Waals surface area contributed by atoms with Gasteiger partial charge >= 0.3 is 0 Å². The number of halogens is 1. The van der Waals surface area contributed by atoms with Crippen LogP contribution in [0.5, 0.6) is 0 Å². The van der Waals surface area contributed by atoms with Gasteiger partial charge in [0.1, 0.15) is 0 Å². The summed E-state index contributed by atoms with van der Waals surface area (Å²) in [6.07, 6.45) is 7.71. The van der Waals surface area contributed by atoms with E-state index in [1.54, 1.807) is 0 Å². The van der Waals surface area contributed by atoms with Gasteiger partial charge in [-0.2, -0.15) is 0 Å². The van der Waals surface area contributed by atoms with Crippen LogP contribution in [-0.4, -0.2) is 48.6 Å². The van der Waals surface area contributed by atoms with E-state index in [4.69, 9.17) is 16.6 Å². The van der Waals surface area contributed by atoms with Gasteiger partial charge in [-0.1, -0.05) is 30.2 Å². The third-order valence-electron chi connectivity index (χ3n) is 6.39. The Hall–Kier alpha value is -1.26. The molecule has 1 aromatic carbocycles. The minimum absolute atomic E-state index is 0.469. The number of hydrogen-bond donors (Lipinski definition) is 2. The molecule has 4 nitrogen and oxygen atoms in total. The first kappa shape index (κ1) is 18.1. The van der Waals surface area contributed by atoms with E-state index < -0.39 is 0 Å². The SMILES string of the molecule is CCN=C(NC1CC2CCCC(C1)N2C)NC1CC1c1cccc(Cl)c1. The smallest absolute Gasteiger partial charge is 0.191 e. The molecule has 1 aliphatic carbocycles. The highest BCUT2D eigenvalue weighted by Gasteiger charge is 2.40. The number of aliphatic imine (C=N–C) groups is 1. The van der Waals surface area contributed by atoms with Crippen molar-refractivity contribution >= 4 is 17.6 Å². The minimum Gasteiger partial charge on any atom is -0.354 e. The van der Waals surface area contributed by atoms with Crippen molar-refractivity contribution in [3.05, 3.63) is 34.9 Å². The molecule has 2 heterocycles. The lowest BCUT2D eigenvalue weighted by atomic mass is 9.82. The zero-order chi connectivity index (χ0) is 18.1. The van der Waals surface area contributed by atoms with Crippen LogP contribution < -0.4 is 10.6 Å². The van der Waals surface area contributed by atoms with Gasteiger partial charge in [0.05, 0.1) is 0 Å². The second kappa shape index (κ2) is 7.77. The molecule has 2 saturated heterocycles. The summed E-state index contributed by atoms with van der Waals surface area (Å²) in [5.74, 6) is 1.55. The largest absolute Gasteiger partial charge is 0.354 e. The van der Waals surface area contributed by atoms with E-state index >= 15 is 0 Å². The van der Waals surface area contributed by atoms with Crippen LogP contribution >= 0.6 is 11.6 Å². The van der Waals surface area contributed by atoms with Crippen LogP contribution in [0.3, 0.4) is 0 Å². The van der Waals surface area contributed by atoms with E-state index in [1.165, 1.54) is 37.7 Å². The zero-order valence-corrected chi connectivity index (χ0v) is 16.7. The van der Waals surface area contributed by atoms with Gasteiger partial charge in [-0.05, 0) is 63.8 Å². The molecule has 2 N–H and O–H groups in total. The van der Waals surface area contributed by atoms with Crippen molar-refractivity contribution < 1.29 is 0 Å². The number of fused-ring (bicyclic) bond motifs is 2. The lowest BCUT2D eigenvalue weighted by Gasteiger charge is -2.47. The third-order valence-corrected chi connectivity index (χ3v) is 6.62. The van der Waals surface area contributed by atoms with Crippen molar-refractivity contribution in [2.75, 3.05) is 13.6 Å². The van der Waals surface area contributed by atoms with Crippen molar-refractivity contribution in [2.24, 2.45) is 4.99 Å². The van der Waals surface area contributed by atoms with Crippen LogP contribution in [-0.2, 0) is 0 Å². The quantitative estimate of drug-likeness (QED) is 0.622. The maximum Gasteiger partial charge on any atom is 0.191 e. The molecular weight excluding hydrogens is 344 g/mol. The summed E-state index contributed by atoms with van der Waals surface area (Å²) in [5, 5.41) is 8.24. The molecule has 1 aromatic rings. The number of guanidine groups is 1. The number of piperidine rings is 2. The first-order chi connectivity index (χ1) is 12.6. The molecule has 3 aliphatic rings. The lowest BCUT2D eigenvalue weighted by Crippen LogP contribution is -2.56. The number of benzene rings is 1. The van der Waals surface area contributed by atoms with Crippen molar-refractivity contribution in [1.29, 1.82) is 0 Å². The Morgan fingerprint density at radius 1 is 1.19 bits per heavy atom. The number of rotatable bonds is 4. The summed E-state index contributed by atoms with van der Waals surface area (Å²) in [6, 6.07) is 10.8. The van der Waals surface area contributed by atoms with Crippen molar-refractivity contribution in [2.45, 2.75) is 75.5 Å². The highest BCUT2D eigenvalue weighted by atomic mass is 35.5. The molecule has 26 heavy (non-hydrogen) atoms. The average molecular weight is 375 g/mol. The normalized spacial score (nSPS) is 34.4. The Labute approximate surface area is 162 Å². The Morgan fingerprint density at radius 3 is 2.65 bits per heavy atom. The molecule has 0 radical (unpaired) electrons. The summed E-state index contributed by atoms with van der Waals surface area (Å²) >= 11 is 6.15. The van der Waals surface area contributed by atoms with Gasteiger partial charge in [-0.3, -0.25) is 4.99 Å². The molecule has 0 aromatic heterocycles. The molecule has 2 bridgehead atoms. The lowest BCUT2D eigenvalue weighted by molar-refractivity contribution is 0.0526. The fourth-order valence-electron chi connectivity index (χ4n) is 4.85. The summed E-state index contributed by atoms with van der Waals surface area (Å²) in [7, 11) is 2.31. The van der Waals surface area contributed by atoms with E-state index in [-0.39, 0.29) is 0 Å². The zero-order valence-electron chi connectivity index (χ0n) is 15.9. The fraction of sp³-hybridized carbons (Fsp3) is 0.667. The van der Waals surface area contributed by atoms with Crippen molar-refractivity contribution in [1.82, 2.24) is 15.5 Å². The predicted molar refractivity (Wildman–Crippen MR) is 109 cm³/mol. The highest BCUT2D eigenvalue weighted by molar-refractivity contribution is 6.30. The first-order valence-electron chi connectivity index (χ1n) is 10.2. The van der Waals surface area contributed by atoms with Gasteiger partial charge in [-0.15, -0.1) is 0 Å². The Kier molecular flexibility index (Phi) is 5.42. The molecule has 2 aliphatic heterocycles. The Morgan fingerprint density at radius 2 is 1.96 bits per heavy atom. The van der Waals surface area contributed by atoms with Crippen LogP contribution in [0.4, 0.5) is 0 Å². The molecule has 4 rings (SSSR count). The van der Waals surface area contributed by atoms with Crippen molar-refractivity contribution in [3.8, 4) is 0 Å². The molecule has 0 amide bonds. The summed E-state index contributed by atoms with van der Waals surface area (Å²) in [4.78, 5) is 7.32. The van der Waals surface area contributed by atoms with Gasteiger partial charge in [-0.25, -0.2) is 0 Å². The minimum atomic E-state index is 0.469. The molecule has 3 fully saturated rings. The monoisotopic (exact) mass is 374 g/mol. The average Bonchev–Trinajstić information content (AvgIpc) is 3.35. The van der Waals surface area contributed by atoms with Crippen LogP contribution in [0, 0.1) is 0 Å². The maximum absolute atomic E-state index is 6.15. The molecule has 5 heteroatoms. The third kappa shape index (κ3) is 4.01. The fourth-order valence-corrected chi connectivity index (χ4v) is 5.05. The van der Waals surface area contributed by atoms with Crippen LogP contribution in [0.1, 0.15) is 56.9 Å². The number of nitrogens with one attached hydrogen (secondary N) is 2. The molecule has 142 valence electrons. The van der Waals surface area contributed by atoms with Crippen LogP contribution in [0.2, 0.25) is 5.02 Å². The molecule has 1 saturated carbocycles. The first-order valence-corrected chi connectivity index (χ1v) is 10.6. The highest BCUT2D eigenvalue weighted by Crippen LogP contribution is 2.41. The second-order valence-electron chi connectivity index (χ2n) is 8.19.